The molecule has 1 aliphatic heterocycles. The highest BCUT2D eigenvalue weighted by Gasteiger charge is 2.28. The molecule has 5 nitrogen and oxygen atoms in total. The Bertz CT molecular complexity index is 883. The molecule has 1 fully saturated rings. The minimum absolute atomic E-state index is 0.0477. The molecular weight excluding hydrogens is 370 g/mol. The zero-order chi connectivity index (χ0) is 20.0. The lowest BCUT2D eigenvalue weighted by Gasteiger charge is -2.38. The first-order valence-electron chi connectivity index (χ1n) is 9.79. The zero-order valence-electron chi connectivity index (χ0n) is 16.6. The van der Waals surface area contributed by atoms with Gasteiger partial charge in [0.25, 0.3) is 0 Å². The van der Waals surface area contributed by atoms with E-state index in [4.69, 9.17) is 0 Å². The maximum absolute atomic E-state index is 12.4. The van der Waals surface area contributed by atoms with E-state index in [1.807, 2.05) is 6.07 Å². The van der Waals surface area contributed by atoms with Crippen LogP contribution in [0.1, 0.15) is 24.8 Å². The molecule has 1 heterocycles. The van der Waals surface area contributed by atoms with E-state index >= 15 is 0 Å². The summed E-state index contributed by atoms with van der Waals surface area (Å²) in [7, 11) is -1.53. The van der Waals surface area contributed by atoms with Gasteiger partial charge in [0.05, 0.1) is 10.6 Å². The van der Waals surface area contributed by atoms with Crippen LogP contribution < -0.4 is 5.32 Å². The van der Waals surface area contributed by atoms with Gasteiger partial charge in [0.1, 0.15) is 0 Å². The number of aliphatic imine (C=N–C) groups is 1. The van der Waals surface area contributed by atoms with Gasteiger partial charge in [0, 0.05) is 26.7 Å². The number of hydrogen-bond donors (Lipinski definition) is 1. The summed E-state index contributed by atoms with van der Waals surface area (Å²) < 4.78 is 24.9. The van der Waals surface area contributed by atoms with Crippen LogP contribution in [0.15, 0.2) is 70.6 Å². The highest BCUT2D eigenvalue weighted by Crippen LogP contribution is 2.32. The maximum atomic E-state index is 12.4. The van der Waals surface area contributed by atoms with Gasteiger partial charge in [-0.3, -0.25) is 4.99 Å². The fraction of sp³-hybridized carbons (Fsp3) is 0.409. The van der Waals surface area contributed by atoms with E-state index in [2.05, 4.69) is 52.5 Å². The van der Waals surface area contributed by atoms with Crippen LogP contribution in [0.25, 0.3) is 0 Å². The first-order valence-corrected chi connectivity index (χ1v) is 11.4. The molecule has 2 unspecified atom stereocenters. The Morgan fingerprint density at radius 2 is 1.75 bits per heavy atom. The van der Waals surface area contributed by atoms with Crippen molar-refractivity contribution >= 4 is 15.8 Å². The van der Waals surface area contributed by atoms with Crippen LogP contribution in [-0.2, 0) is 9.84 Å². The number of guanidine groups is 1. The summed E-state index contributed by atoms with van der Waals surface area (Å²) in [4.78, 5) is 6.97. The third-order valence-corrected chi connectivity index (χ3v) is 7.13. The van der Waals surface area contributed by atoms with Crippen LogP contribution >= 0.6 is 0 Å². The molecule has 2 aromatic rings. The average Bonchev–Trinajstić information content (AvgIpc) is 2.72. The summed E-state index contributed by atoms with van der Waals surface area (Å²) in [6, 6.07) is 19.3. The second kappa shape index (κ2) is 9.24. The van der Waals surface area contributed by atoms with Crippen molar-refractivity contribution in [1.29, 1.82) is 0 Å². The van der Waals surface area contributed by atoms with Crippen LogP contribution in [-0.4, -0.2) is 51.7 Å². The number of likely N-dealkylation sites (tertiary alicyclic amines) is 1. The molecule has 0 bridgehead atoms. The molecule has 1 N–H and O–H groups in total. The Morgan fingerprint density at radius 3 is 2.36 bits per heavy atom. The molecule has 0 aliphatic carbocycles. The summed E-state index contributed by atoms with van der Waals surface area (Å²) in [6.07, 6.45) is 1.06. The largest absolute Gasteiger partial charge is 0.355 e. The second-order valence-corrected chi connectivity index (χ2v) is 9.44. The van der Waals surface area contributed by atoms with Crippen molar-refractivity contribution in [2.75, 3.05) is 32.4 Å². The van der Waals surface area contributed by atoms with Crippen molar-refractivity contribution in [1.82, 2.24) is 10.2 Å². The standard InChI is InChI=1S/C22H29N3O2S/c1-18-17-25(15-13-21(18)19-9-5-3-6-10-19)22(23-2)24-14-16-28(26,27)20-11-7-4-8-12-20/h3-12,18,21H,13-17H2,1-2H3,(H,23,24). The van der Waals surface area contributed by atoms with Gasteiger partial charge in [-0.2, -0.15) is 0 Å². The number of hydrogen-bond acceptors (Lipinski definition) is 3. The second-order valence-electron chi connectivity index (χ2n) is 7.34. The van der Waals surface area contributed by atoms with Gasteiger partial charge in [-0.05, 0) is 36.0 Å². The molecule has 3 rings (SSSR count). The van der Waals surface area contributed by atoms with Gasteiger partial charge in [-0.15, -0.1) is 0 Å². The van der Waals surface area contributed by atoms with Crippen molar-refractivity contribution < 1.29 is 8.42 Å². The van der Waals surface area contributed by atoms with Crippen LogP contribution in [0.5, 0.6) is 0 Å². The van der Waals surface area contributed by atoms with Crippen molar-refractivity contribution in [2.24, 2.45) is 10.9 Å². The lowest BCUT2D eigenvalue weighted by Crippen LogP contribution is -2.48. The third-order valence-electron chi connectivity index (χ3n) is 5.40. The molecule has 2 aromatic carbocycles. The Labute approximate surface area is 168 Å². The van der Waals surface area contributed by atoms with Crippen LogP contribution in [0.2, 0.25) is 0 Å². The van der Waals surface area contributed by atoms with Crippen molar-refractivity contribution in [3.8, 4) is 0 Å². The Morgan fingerprint density at radius 1 is 1.11 bits per heavy atom. The van der Waals surface area contributed by atoms with Crippen LogP contribution in [0.4, 0.5) is 0 Å². The molecule has 0 amide bonds. The van der Waals surface area contributed by atoms with Gasteiger partial charge in [-0.25, -0.2) is 8.42 Å². The number of nitrogens with zero attached hydrogens (tertiary/aromatic N) is 2. The van der Waals surface area contributed by atoms with E-state index in [0.717, 1.165) is 25.5 Å². The topological polar surface area (TPSA) is 61.8 Å². The normalized spacial score (nSPS) is 20.8. The molecule has 0 radical (unpaired) electrons. The molecule has 1 saturated heterocycles. The number of benzene rings is 2. The van der Waals surface area contributed by atoms with Crippen molar-refractivity contribution in [2.45, 2.75) is 24.2 Å². The first-order chi connectivity index (χ1) is 13.5. The molecule has 2 atom stereocenters. The fourth-order valence-corrected chi connectivity index (χ4v) is 5.09. The van der Waals surface area contributed by atoms with Crippen molar-refractivity contribution in [3.05, 3.63) is 66.2 Å². The minimum atomic E-state index is -3.29. The predicted octanol–water partition coefficient (Wildman–Crippen LogP) is 3.16. The smallest absolute Gasteiger partial charge is 0.193 e. The van der Waals surface area contributed by atoms with E-state index in [1.165, 1.54) is 5.56 Å². The number of sulfone groups is 1. The van der Waals surface area contributed by atoms with Crippen LogP contribution in [0.3, 0.4) is 0 Å². The van der Waals surface area contributed by atoms with Crippen molar-refractivity contribution in [3.63, 3.8) is 0 Å². The molecule has 150 valence electrons. The van der Waals surface area contributed by atoms with Crippen LogP contribution in [0, 0.1) is 5.92 Å². The fourth-order valence-electron chi connectivity index (χ4n) is 3.91. The zero-order valence-corrected chi connectivity index (χ0v) is 17.4. The van der Waals surface area contributed by atoms with Gasteiger partial charge >= 0.3 is 0 Å². The number of rotatable bonds is 5. The van der Waals surface area contributed by atoms with Gasteiger partial charge in [-0.1, -0.05) is 55.5 Å². The molecule has 28 heavy (non-hydrogen) atoms. The lowest BCUT2D eigenvalue weighted by molar-refractivity contribution is 0.235. The Balaban J connectivity index is 1.55. The molecule has 0 saturated carbocycles. The number of nitrogens with one attached hydrogen (secondary N) is 1. The molecule has 0 spiro atoms. The first kappa shape index (κ1) is 20.4. The third kappa shape index (κ3) is 4.93. The average molecular weight is 400 g/mol. The SMILES string of the molecule is CN=C(NCCS(=O)(=O)c1ccccc1)N1CCC(c2ccccc2)C(C)C1. The van der Waals surface area contributed by atoms with E-state index in [9.17, 15) is 8.42 Å². The Hall–Kier alpha value is -2.34. The maximum Gasteiger partial charge on any atom is 0.193 e. The summed E-state index contributed by atoms with van der Waals surface area (Å²) in [6.45, 7) is 4.44. The summed E-state index contributed by atoms with van der Waals surface area (Å²) in [5, 5.41) is 3.24. The Kier molecular flexibility index (Phi) is 6.73. The minimum Gasteiger partial charge on any atom is -0.355 e. The summed E-state index contributed by atoms with van der Waals surface area (Å²) in [5.74, 6) is 1.88. The van der Waals surface area contributed by atoms with E-state index in [0.29, 0.717) is 23.3 Å². The highest BCUT2D eigenvalue weighted by molar-refractivity contribution is 7.91. The predicted molar refractivity (Wildman–Crippen MR) is 114 cm³/mol. The number of piperidine rings is 1. The summed E-state index contributed by atoms with van der Waals surface area (Å²) in [5.41, 5.74) is 1.39. The molecular formula is C22H29N3O2S. The molecule has 6 heteroatoms. The highest BCUT2D eigenvalue weighted by atomic mass is 32.2. The monoisotopic (exact) mass is 399 g/mol. The lowest BCUT2D eigenvalue weighted by atomic mass is 9.82. The van der Waals surface area contributed by atoms with Gasteiger partial charge < -0.3 is 10.2 Å². The van der Waals surface area contributed by atoms with Gasteiger partial charge in [0.2, 0.25) is 0 Å². The van der Waals surface area contributed by atoms with E-state index in [-0.39, 0.29) is 5.75 Å². The summed E-state index contributed by atoms with van der Waals surface area (Å²) >= 11 is 0. The van der Waals surface area contributed by atoms with Gasteiger partial charge in [0.15, 0.2) is 15.8 Å². The van der Waals surface area contributed by atoms with E-state index < -0.39 is 9.84 Å². The molecule has 1 aliphatic rings. The van der Waals surface area contributed by atoms with E-state index in [1.54, 1.807) is 31.3 Å². The quantitative estimate of drug-likeness (QED) is 0.620. The molecule has 0 aromatic heterocycles.